The number of ether oxygens (including phenoxy) is 1. The van der Waals surface area contributed by atoms with Gasteiger partial charge in [0.2, 0.25) is 0 Å². The summed E-state index contributed by atoms with van der Waals surface area (Å²) in [5.74, 6) is -0.371. The lowest BCUT2D eigenvalue weighted by Gasteiger charge is -1.97. The summed E-state index contributed by atoms with van der Waals surface area (Å²) in [7, 11) is 1.67. The van der Waals surface area contributed by atoms with Crippen LogP contribution in [-0.2, 0) is 9.53 Å². The topological polar surface area (TPSA) is 64.7 Å². The quantitative estimate of drug-likeness (QED) is 0.331. The third kappa shape index (κ3) is 5.24. The van der Waals surface area contributed by atoms with Crippen LogP contribution >= 0.6 is 0 Å². The van der Waals surface area contributed by atoms with E-state index in [9.17, 15) is 4.79 Å². The molecule has 0 saturated carbocycles. The Hall–Kier alpha value is -0.900. The van der Waals surface area contributed by atoms with Gasteiger partial charge in [-0.1, -0.05) is 0 Å². The van der Waals surface area contributed by atoms with E-state index in [1.807, 2.05) is 0 Å². The van der Waals surface area contributed by atoms with Gasteiger partial charge in [0.05, 0.1) is 13.2 Å². The van der Waals surface area contributed by atoms with Crippen LogP contribution in [0.15, 0.2) is 4.99 Å². The van der Waals surface area contributed by atoms with Gasteiger partial charge < -0.3 is 15.5 Å². The van der Waals surface area contributed by atoms with Gasteiger partial charge >= 0.3 is 5.97 Å². The number of aliphatic imine (C=N–C) groups is 1. The van der Waals surface area contributed by atoms with Crippen LogP contribution in [0.3, 0.4) is 0 Å². The minimum Gasteiger partial charge on any atom is -0.464 e. The minimum atomic E-state index is -0.371. The van der Waals surface area contributed by atoms with Gasteiger partial charge in [0.25, 0.3) is 0 Å². The summed E-state index contributed by atoms with van der Waals surface area (Å²) >= 11 is 0. The molecular weight excluding hydrogens is 132 g/mol. The fourth-order valence-corrected chi connectivity index (χ4v) is 0.413. The Morgan fingerprint density at radius 1 is 1.80 bits per heavy atom. The molecule has 0 heterocycles. The third-order valence-electron chi connectivity index (χ3n) is 0.859. The molecule has 0 aliphatic heterocycles. The Morgan fingerprint density at radius 2 is 2.50 bits per heavy atom. The molecule has 4 nitrogen and oxygen atoms in total. The number of esters is 1. The lowest BCUT2D eigenvalue weighted by atomic mass is 10.5. The number of nitrogens with zero attached hydrogens (tertiary/aromatic N) is 1. The number of carbonyl (C=O) groups is 1. The van der Waals surface area contributed by atoms with Gasteiger partial charge in [-0.25, -0.2) is 0 Å². The third-order valence-corrected chi connectivity index (χ3v) is 0.859. The Bertz CT molecular complexity index is 123. The highest BCUT2D eigenvalue weighted by Gasteiger charge is 1.94. The summed E-state index contributed by atoms with van der Waals surface area (Å²) in [6.45, 7) is 0.316. The lowest BCUT2D eigenvalue weighted by molar-refractivity contribution is -0.141. The van der Waals surface area contributed by atoms with Crippen molar-refractivity contribution in [2.24, 2.45) is 10.7 Å². The zero-order valence-corrected chi connectivity index (χ0v) is 6.04. The first kappa shape index (κ1) is 9.10. The standard InChI is InChI=1S/C6H12N2O2/c1-8-3-2-4-10-6(9)5-7/h3H,2,4-5,7H2,1H3. The molecule has 0 unspecified atom stereocenters. The van der Waals surface area contributed by atoms with Crippen molar-refractivity contribution in [1.29, 1.82) is 0 Å². The first-order chi connectivity index (χ1) is 4.81. The van der Waals surface area contributed by atoms with Crippen LogP contribution in [0.1, 0.15) is 6.42 Å². The highest BCUT2D eigenvalue weighted by molar-refractivity contribution is 5.71. The van der Waals surface area contributed by atoms with E-state index in [0.717, 1.165) is 0 Å². The predicted octanol–water partition coefficient (Wildman–Crippen LogP) is -0.421. The van der Waals surface area contributed by atoms with Gasteiger partial charge in [0.1, 0.15) is 0 Å². The molecule has 0 amide bonds. The summed E-state index contributed by atoms with van der Waals surface area (Å²) in [4.78, 5) is 14.1. The molecule has 0 fully saturated rings. The Morgan fingerprint density at radius 3 is 3.00 bits per heavy atom. The summed E-state index contributed by atoms with van der Waals surface area (Å²) < 4.78 is 4.64. The van der Waals surface area contributed by atoms with Crippen LogP contribution in [0, 0.1) is 0 Å². The van der Waals surface area contributed by atoms with Crippen molar-refractivity contribution >= 4 is 12.2 Å². The van der Waals surface area contributed by atoms with E-state index in [4.69, 9.17) is 5.73 Å². The number of hydrogen-bond donors (Lipinski definition) is 1. The maximum Gasteiger partial charge on any atom is 0.319 e. The molecule has 4 heteroatoms. The van der Waals surface area contributed by atoms with Crippen LogP contribution in [0.5, 0.6) is 0 Å². The van der Waals surface area contributed by atoms with Crippen LogP contribution in [0.2, 0.25) is 0 Å². The maximum absolute atomic E-state index is 10.4. The fourth-order valence-electron chi connectivity index (χ4n) is 0.413. The summed E-state index contributed by atoms with van der Waals surface area (Å²) in [5.41, 5.74) is 4.98. The average molecular weight is 144 g/mol. The zero-order valence-electron chi connectivity index (χ0n) is 6.04. The number of rotatable bonds is 4. The van der Waals surface area contributed by atoms with Gasteiger partial charge in [0.15, 0.2) is 0 Å². The van der Waals surface area contributed by atoms with Gasteiger partial charge in [-0.05, 0) is 0 Å². The van der Waals surface area contributed by atoms with Crippen molar-refractivity contribution in [1.82, 2.24) is 0 Å². The molecule has 0 aromatic carbocycles. The Kier molecular flexibility index (Phi) is 5.66. The SMILES string of the molecule is CN=CCCOC(=O)CN. The lowest BCUT2D eigenvalue weighted by Crippen LogP contribution is -2.17. The Balaban J connectivity index is 3.11. The minimum absolute atomic E-state index is 0.0523. The summed E-state index contributed by atoms with van der Waals surface area (Å²) in [5, 5.41) is 0. The Labute approximate surface area is 60.1 Å². The molecule has 0 aromatic heterocycles. The molecule has 0 spiro atoms. The molecule has 0 saturated heterocycles. The van der Waals surface area contributed by atoms with Gasteiger partial charge in [-0.15, -0.1) is 0 Å². The van der Waals surface area contributed by atoms with Crippen molar-refractivity contribution in [3.8, 4) is 0 Å². The van der Waals surface area contributed by atoms with Crippen molar-refractivity contribution < 1.29 is 9.53 Å². The van der Waals surface area contributed by atoms with Crippen molar-refractivity contribution in [2.45, 2.75) is 6.42 Å². The van der Waals surface area contributed by atoms with E-state index in [-0.39, 0.29) is 12.5 Å². The number of nitrogens with two attached hydrogens (primary N) is 1. The molecule has 58 valence electrons. The molecule has 0 atom stereocenters. The van der Waals surface area contributed by atoms with E-state index in [2.05, 4.69) is 9.73 Å². The van der Waals surface area contributed by atoms with Gasteiger partial charge in [0, 0.05) is 19.7 Å². The van der Waals surface area contributed by atoms with Crippen LogP contribution in [0.25, 0.3) is 0 Å². The largest absolute Gasteiger partial charge is 0.464 e. The maximum atomic E-state index is 10.4. The van der Waals surface area contributed by atoms with E-state index >= 15 is 0 Å². The van der Waals surface area contributed by atoms with E-state index in [1.54, 1.807) is 13.3 Å². The molecule has 0 rings (SSSR count). The number of hydrogen-bond acceptors (Lipinski definition) is 4. The molecule has 10 heavy (non-hydrogen) atoms. The monoisotopic (exact) mass is 144 g/mol. The molecule has 2 N–H and O–H groups in total. The van der Waals surface area contributed by atoms with E-state index < -0.39 is 0 Å². The molecule has 0 aromatic rings. The van der Waals surface area contributed by atoms with Crippen LogP contribution in [0.4, 0.5) is 0 Å². The van der Waals surface area contributed by atoms with Crippen molar-refractivity contribution in [3.05, 3.63) is 0 Å². The highest BCUT2D eigenvalue weighted by atomic mass is 16.5. The second-order valence-electron chi connectivity index (χ2n) is 1.65. The van der Waals surface area contributed by atoms with Gasteiger partial charge in [-0.2, -0.15) is 0 Å². The van der Waals surface area contributed by atoms with Crippen LogP contribution < -0.4 is 5.73 Å². The molecule has 0 bridgehead atoms. The fraction of sp³-hybridized carbons (Fsp3) is 0.667. The molecule has 0 aliphatic rings. The molecule has 0 aliphatic carbocycles. The normalized spacial score (nSPS) is 10.2. The first-order valence-corrected chi connectivity index (χ1v) is 3.07. The van der Waals surface area contributed by atoms with Crippen molar-refractivity contribution in [3.63, 3.8) is 0 Å². The van der Waals surface area contributed by atoms with E-state index in [0.29, 0.717) is 13.0 Å². The highest BCUT2D eigenvalue weighted by Crippen LogP contribution is 1.79. The van der Waals surface area contributed by atoms with Crippen LogP contribution in [-0.4, -0.2) is 32.4 Å². The van der Waals surface area contributed by atoms with E-state index in [1.165, 1.54) is 0 Å². The first-order valence-electron chi connectivity index (χ1n) is 3.07. The van der Waals surface area contributed by atoms with Gasteiger partial charge in [-0.3, -0.25) is 4.79 Å². The zero-order chi connectivity index (χ0) is 7.82. The summed E-state index contributed by atoms with van der Waals surface area (Å²) in [6.07, 6.45) is 2.34. The second-order valence-corrected chi connectivity index (χ2v) is 1.65. The molecular formula is C6H12N2O2. The number of carbonyl (C=O) groups excluding carboxylic acids is 1. The second kappa shape index (κ2) is 6.22. The molecule has 0 radical (unpaired) electrons. The predicted molar refractivity (Wildman–Crippen MR) is 39.0 cm³/mol. The average Bonchev–Trinajstić information content (AvgIpc) is 1.98. The summed E-state index contributed by atoms with van der Waals surface area (Å²) in [6, 6.07) is 0. The smallest absolute Gasteiger partial charge is 0.319 e. The van der Waals surface area contributed by atoms with Crippen molar-refractivity contribution in [2.75, 3.05) is 20.2 Å².